The van der Waals surface area contributed by atoms with Crippen molar-refractivity contribution >= 4 is 17.5 Å². The van der Waals surface area contributed by atoms with Gasteiger partial charge in [0.05, 0.1) is 6.04 Å². The predicted octanol–water partition coefficient (Wildman–Crippen LogP) is 2.80. The lowest BCUT2D eigenvalue weighted by Gasteiger charge is -2.22. The van der Waals surface area contributed by atoms with Crippen LogP contribution in [0.5, 0.6) is 0 Å². The maximum Gasteiger partial charge on any atom is 0.246 e. The van der Waals surface area contributed by atoms with Gasteiger partial charge in [0.1, 0.15) is 6.61 Å². The molecule has 17 heavy (non-hydrogen) atoms. The van der Waals surface area contributed by atoms with Crippen LogP contribution in [-0.4, -0.2) is 19.6 Å². The van der Waals surface area contributed by atoms with Gasteiger partial charge in [-0.25, -0.2) is 0 Å². The highest BCUT2D eigenvalue weighted by atomic mass is 35.5. The van der Waals surface area contributed by atoms with Crippen LogP contribution in [-0.2, 0) is 9.53 Å². The van der Waals surface area contributed by atoms with Crippen molar-refractivity contribution in [1.29, 1.82) is 0 Å². The van der Waals surface area contributed by atoms with E-state index in [4.69, 9.17) is 16.3 Å². The van der Waals surface area contributed by atoms with Crippen molar-refractivity contribution in [2.24, 2.45) is 5.92 Å². The molecular formula is C13H18ClNO2. The van der Waals surface area contributed by atoms with E-state index in [1.165, 1.54) is 7.11 Å². The van der Waals surface area contributed by atoms with Gasteiger partial charge in [-0.1, -0.05) is 37.6 Å². The van der Waals surface area contributed by atoms with Gasteiger partial charge in [0.25, 0.3) is 0 Å². The minimum Gasteiger partial charge on any atom is -0.375 e. The summed E-state index contributed by atoms with van der Waals surface area (Å²) in [4.78, 5) is 11.5. The molecule has 3 nitrogen and oxygen atoms in total. The first-order valence-electron chi connectivity index (χ1n) is 5.58. The number of rotatable bonds is 5. The van der Waals surface area contributed by atoms with Crippen LogP contribution in [0.15, 0.2) is 24.3 Å². The molecule has 1 unspecified atom stereocenters. The molecule has 0 fully saturated rings. The molecular weight excluding hydrogens is 238 g/mol. The number of amides is 1. The molecule has 0 heterocycles. The Morgan fingerprint density at radius 3 is 2.41 bits per heavy atom. The van der Waals surface area contributed by atoms with Gasteiger partial charge in [0.15, 0.2) is 0 Å². The van der Waals surface area contributed by atoms with Crippen molar-refractivity contribution in [1.82, 2.24) is 5.32 Å². The van der Waals surface area contributed by atoms with Gasteiger partial charge in [-0.15, -0.1) is 0 Å². The summed E-state index contributed by atoms with van der Waals surface area (Å²) in [6.45, 7) is 4.20. The van der Waals surface area contributed by atoms with Crippen LogP contribution >= 0.6 is 11.6 Å². The maximum atomic E-state index is 11.5. The van der Waals surface area contributed by atoms with Crippen LogP contribution < -0.4 is 5.32 Å². The average Bonchev–Trinajstić information content (AvgIpc) is 2.27. The molecule has 1 amide bonds. The summed E-state index contributed by atoms with van der Waals surface area (Å²) in [5.74, 6) is 0.193. The first kappa shape index (κ1) is 14.0. The summed E-state index contributed by atoms with van der Waals surface area (Å²) < 4.78 is 4.81. The minimum absolute atomic E-state index is 0.0186. The number of carbonyl (C=O) groups is 1. The van der Waals surface area contributed by atoms with Crippen molar-refractivity contribution in [3.8, 4) is 0 Å². The Balaban J connectivity index is 2.79. The van der Waals surface area contributed by atoms with Crippen LogP contribution in [0, 0.1) is 5.92 Å². The van der Waals surface area contributed by atoms with Crippen molar-refractivity contribution < 1.29 is 9.53 Å². The first-order chi connectivity index (χ1) is 8.04. The Hall–Kier alpha value is -1.06. The standard InChI is InChI=1S/C13H18ClNO2/c1-9(2)13(15-12(16)8-17-3)10-4-6-11(14)7-5-10/h4-7,9,13H,8H2,1-3H3,(H,15,16). The average molecular weight is 256 g/mol. The van der Waals surface area contributed by atoms with Crippen molar-refractivity contribution in [2.45, 2.75) is 19.9 Å². The van der Waals surface area contributed by atoms with E-state index in [1.54, 1.807) is 0 Å². The Kier molecular flexibility index (Phi) is 5.45. The first-order valence-corrected chi connectivity index (χ1v) is 5.96. The van der Waals surface area contributed by atoms with Crippen LogP contribution in [0.25, 0.3) is 0 Å². The highest BCUT2D eigenvalue weighted by molar-refractivity contribution is 6.30. The quantitative estimate of drug-likeness (QED) is 0.879. The zero-order valence-corrected chi connectivity index (χ0v) is 11.1. The molecule has 0 saturated carbocycles. The van der Waals surface area contributed by atoms with E-state index in [0.29, 0.717) is 10.9 Å². The number of benzene rings is 1. The number of ether oxygens (including phenoxy) is 1. The third-order valence-corrected chi connectivity index (χ3v) is 2.74. The van der Waals surface area contributed by atoms with E-state index < -0.39 is 0 Å². The van der Waals surface area contributed by atoms with Gasteiger partial charge in [0, 0.05) is 12.1 Å². The normalized spacial score (nSPS) is 12.5. The fourth-order valence-corrected chi connectivity index (χ4v) is 1.78. The number of carbonyl (C=O) groups excluding carboxylic acids is 1. The predicted molar refractivity (Wildman–Crippen MR) is 69.0 cm³/mol. The lowest BCUT2D eigenvalue weighted by molar-refractivity contribution is -0.125. The largest absolute Gasteiger partial charge is 0.375 e. The Labute approximate surface area is 107 Å². The molecule has 0 spiro atoms. The minimum atomic E-state index is -0.110. The van der Waals surface area contributed by atoms with Crippen molar-refractivity contribution in [2.75, 3.05) is 13.7 Å². The van der Waals surface area contributed by atoms with Gasteiger partial charge in [0.2, 0.25) is 5.91 Å². The highest BCUT2D eigenvalue weighted by Gasteiger charge is 2.17. The Bertz CT molecular complexity index is 362. The van der Waals surface area contributed by atoms with E-state index in [9.17, 15) is 4.79 Å². The van der Waals surface area contributed by atoms with E-state index in [0.717, 1.165) is 5.56 Å². The van der Waals surface area contributed by atoms with E-state index >= 15 is 0 Å². The lowest BCUT2D eigenvalue weighted by Crippen LogP contribution is -2.34. The summed E-state index contributed by atoms with van der Waals surface area (Å²) in [5.41, 5.74) is 1.05. The molecule has 0 bridgehead atoms. The Morgan fingerprint density at radius 2 is 1.94 bits per heavy atom. The van der Waals surface area contributed by atoms with Crippen LogP contribution in [0.2, 0.25) is 5.02 Å². The van der Waals surface area contributed by atoms with Crippen LogP contribution in [0.4, 0.5) is 0 Å². The molecule has 0 saturated heterocycles. The van der Waals surface area contributed by atoms with E-state index in [1.807, 2.05) is 24.3 Å². The van der Waals surface area contributed by atoms with E-state index in [-0.39, 0.29) is 18.6 Å². The summed E-state index contributed by atoms with van der Waals surface area (Å²) in [7, 11) is 1.51. The molecule has 0 aliphatic heterocycles. The van der Waals surface area contributed by atoms with Crippen molar-refractivity contribution in [3.63, 3.8) is 0 Å². The van der Waals surface area contributed by atoms with Crippen LogP contribution in [0.1, 0.15) is 25.5 Å². The smallest absolute Gasteiger partial charge is 0.246 e. The molecule has 4 heteroatoms. The highest BCUT2D eigenvalue weighted by Crippen LogP contribution is 2.23. The zero-order valence-electron chi connectivity index (χ0n) is 10.4. The monoisotopic (exact) mass is 255 g/mol. The topological polar surface area (TPSA) is 38.3 Å². The third kappa shape index (κ3) is 4.36. The third-order valence-electron chi connectivity index (χ3n) is 2.49. The van der Waals surface area contributed by atoms with Gasteiger partial charge in [-0.05, 0) is 23.6 Å². The summed E-state index contributed by atoms with van der Waals surface area (Å²) in [5, 5.41) is 3.64. The second-order valence-electron chi connectivity index (χ2n) is 4.27. The van der Waals surface area contributed by atoms with Gasteiger partial charge in [-0.2, -0.15) is 0 Å². The molecule has 1 rings (SSSR count). The molecule has 94 valence electrons. The summed E-state index contributed by atoms with van der Waals surface area (Å²) in [6.07, 6.45) is 0. The number of halogens is 1. The van der Waals surface area contributed by atoms with Crippen LogP contribution in [0.3, 0.4) is 0 Å². The Morgan fingerprint density at radius 1 is 1.35 bits per heavy atom. The molecule has 1 aromatic rings. The van der Waals surface area contributed by atoms with Gasteiger partial charge in [-0.3, -0.25) is 4.79 Å². The number of hydrogen-bond donors (Lipinski definition) is 1. The molecule has 0 aromatic heterocycles. The second kappa shape index (κ2) is 6.62. The molecule has 0 radical (unpaired) electrons. The SMILES string of the molecule is COCC(=O)NC(c1ccc(Cl)cc1)C(C)C. The summed E-state index contributed by atoms with van der Waals surface area (Å²) in [6, 6.07) is 7.50. The second-order valence-corrected chi connectivity index (χ2v) is 4.71. The molecule has 0 aliphatic rings. The fourth-order valence-electron chi connectivity index (χ4n) is 1.65. The summed E-state index contributed by atoms with van der Waals surface area (Å²) >= 11 is 5.84. The zero-order chi connectivity index (χ0) is 12.8. The molecule has 1 atom stereocenters. The number of methoxy groups -OCH3 is 1. The van der Waals surface area contributed by atoms with Gasteiger partial charge < -0.3 is 10.1 Å². The fraction of sp³-hybridized carbons (Fsp3) is 0.462. The number of nitrogens with one attached hydrogen (secondary N) is 1. The lowest BCUT2D eigenvalue weighted by atomic mass is 9.96. The maximum absolute atomic E-state index is 11.5. The van der Waals surface area contributed by atoms with Gasteiger partial charge >= 0.3 is 0 Å². The van der Waals surface area contributed by atoms with E-state index in [2.05, 4.69) is 19.2 Å². The molecule has 0 aliphatic carbocycles. The molecule has 1 N–H and O–H groups in total. The van der Waals surface area contributed by atoms with Crippen molar-refractivity contribution in [3.05, 3.63) is 34.9 Å². The molecule has 1 aromatic carbocycles. The number of hydrogen-bond acceptors (Lipinski definition) is 2.